The van der Waals surface area contributed by atoms with Gasteiger partial charge in [-0.25, -0.2) is 13.1 Å². The van der Waals surface area contributed by atoms with Crippen molar-refractivity contribution >= 4 is 38.7 Å². The Balaban J connectivity index is 2.27. The number of nitrogens with zero attached hydrogens (tertiary/aromatic N) is 2. The van der Waals surface area contributed by atoms with Crippen molar-refractivity contribution in [3.63, 3.8) is 0 Å². The molecule has 2 rings (SSSR count). The second-order valence-electron chi connectivity index (χ2n) is 5.09. The lowest BCUT2D eigenvalue weighted by Crippen LogP contribution is -2.44. The minimum absolute atomic E-state index is 0.0705. The van der Waals surface area contributed by atoms with E-state index in [9.17, 15) is 13.2 Å². The van der Waals surface area contributed by atoms with Crippen LogP contribution in [0.4, 0.5) is 0 Å². The van der Waals surface area contributed by atoms with E-state index in [1.54, 1.807) is 12.1 Å². The van der Waals surface area contributed by atoms with Crippen LogP contribution in [0.2, 0.25) is 0 Å². The molecule has 1 amide bonds. The number of hydrogen-bond acceptors (Lipinski definition) is 7. The molecule has 1 heterocycles. The van der Waals surface area contributed by atoms with Gasteiger partial charge in [-0.2, -0.15) is 8.75 Å². The van der Waals surface area contributed by atoms with E-state index < -0.39 is 22.0 Å². The number of rotatable bonds is 5. The highest BCUT2D eigenvalue weighted by Crippen LogP contribution is 2.20. The first kappa shape index (κ1) is 15.8. The molecule has 0 unspecified atom stereocenters. The van der Waals surface area contributed by atoms with Crippen molar-refractivity contribution in [3.05, 3.63) is 18.2 Å². The predicted octanol–water partition coefficient (Wildman–Crippen LogP) is 0.870. The summed E-state index contributed by atoms with van der Waals surface area (Å²) in [5.74, 6) is -0.525. The van der Waals surface area contributed by atoms with Crippen molar-refractivity contribution < 1.29 is 13.2 Å². The van der Waals surface area contributed by atoms with E-state index in [0.717, 1.165) is 11.7 Å². The zero-order valence-corrected chi connectivity index (χ0v) is 13.2. The summed E-state index contributed by atoms with van der Waals surface area (Å²) in [5.41, 5.74) is 6.42. The van der Waals surface area contributed by atoms with Crippen LogP contribution in [0, 0.1) is 5.92 Å². The van der Waals surface area contributed by atoms with Crippen LogP contribution in [-0.2, 0) is 14.8 Å². The second kappa shape index (κ2) is 6.04. The molecule has 0 spiro atoms. The van der Waals surface area contributed by atoms with Gasteiger partial charge in [0.1, 0.15) is 15.9 Å². The highest BCUT2D eigenvalue weighted by Gasteiger charge is 2.25. The van der Waals surface area contributed by atoms with Crippen LogP contribution < -0.4 is 10.5 Å². The molecular formula is C12H16N4O3S2. The Kier molecular flexibility index (Phi) is 4.55. The van der Waals surface area contributed by atoms with Gasteiger partial charge in [-0.3, -0.25) is 4.79 Å². The van der Waals surface area contributed by atoms with E-state index in [1.807, 2.05) is 18.6 Å². The molecule has 21 heavy (non-hydrogen) atoms. The quantitative estimate of drug-likeness (QED) is 0.841. The first-order chi connectivity index (χ1) is 9.81. The summed E-state index contributed by atoms with van der Waals surface area (Å²) in [6, 6.07) is 3.72. The number of fused-ring (bicyclic) bond motifs is 1. The highest BCUT2D eigenvalue weighted by molar-refractivity contribution is 7.90. The Morgan fingerprint density at radius 1 is 1.38 bits per heavy atom. The van der Waals surface area contributed by atoms with Gasteiger partial charge in [0.05, 0.1) is 17.8 Å². The average molecular weight is 328 g/mol. The molecule has 2 aromatic rings. The molecule has 0 radical (unpaired) electrons. The molecule has 1 atom stereocenters. The normalized spacial score (nSPS) is 13.5. The van der Waals surface area contributed by atoms with Crippen molar-refractivity contribution in [2.75, 3.05) is 0 Å². The van der Waals surface area contributed by atoms with E-state index in [1.165, 1.54) is 6.07 Å². The summed E-state index contributed by atoms with van der Waals surface area (Å²) in [6.45, 7) is 3.81. The fourth-order valence-corrected chi connectivity index (χ4v) is 3.67. The van der Waals surface area contributed by atoms with Crippen molar-refractivity contribution in [1.82, 2.24) is 13.5 Å². The fourth-order valence-electron chi connectivity index (χ4n) is 1.88. The van der Waals surface area contributed by atoms with Gasteiger partial charge in [-0.05, 0) is 24.5 Å². The molecule has 0 bridgehead atoms. The largest absolute Gasteiger partial charge is 0.320 e. The summed E-state index contributed by atoms with van der Waals surface area (Å²) < 4.78 is 34.5. The van der Waals surface area contributed by atoms with Crippen molar-refractivity contribution in [3.8, 4) is 0 Å². The summed E-state index contributed by atoms with van der Waals surface area (Å²) >= 11 is 0.915. The maximum Gasteiger partial charge on any atom is 0.266 e. The number of sulfonamides is 1. The van der Waals surface area contributed by atoms with E-state index in [0.29, 0.717) is 11.9 Å². The van der Waals surface area contributed by atoms with Gasteiger partial charge in [-0.15, -0.1) is 0 Å². The predicted molar refractivity (Wildman–Crippen MR) is 80.2 cm³/mol. The molecule has 114 valence electrons. The van der Waals surface area contributed by atoms with Crippen LogP contribution in [0.15, 0.2) is 23.1 Å². The zero-order valence-electron chi connectivity index (χ0n) is 11.6. The topological polar surface area (TPSA) is 115 Å². The maximum absolute atomic E-state index is 12.3. The van der Waals surface area contributed by atoms with Crippen LogP contribution in [0.25, 0.3) is 11.0 Å². The molecule has 0 saturated carbocycles. The lowest BCUT2D eigenvalue weighted by atomic mass is 10.0. The smallest absolute Gasteiger partial charge is 0.266 e. The molecule has 0 aliphatic carbocycles. The van der Waals surface area contributed by atoms with E-state index in [-0.39, 0.29) is 16.3 Å². The number of carbonyl (C=O) groups is 1. The number of amides is 1. The molecular weight excluding hydrogens is 312 g/mol. The molecule has 0 fully saturated rings. The van der Waals surface area contributed by atoms with Gasteiger partial charge in [0.2, 0.25) is 0 Å². The van der Waals surface area contributed by atoms with Gasteiger partial charge in [0.15, 0.2) is 0 Å². The highest BCUT2D eigenvalue weighted by atomic mass is 32.2. The van der Waals surface area contributed by atoms with Crippen molar-refractivity contribution in [2.24, 2.45) is 11.7 Å². The Morgan fingerprint density at radius 3 is 2.76 bits per heavy atom. The van der Waals surface area contributed by atoms with Crippen LogP contribution in [0.1, 0.15) is 20.3 Å². The minimum Gasteiger partial charge on any atom is -0.320 e. The first-order valence-electron chi connectivity index (χ1n) is 6.35. The SMILES string of the molecule is CC(C)C[C@@H](N)C(=O)NS(=O)(=O)c1cccc2nsnc12. The van der Waals surface area contributed by atoms with Crippen molar-refractivity contribution in [2.45, 2.75) is 31.2 Å². The summed E-state index contributed by atoms with van der Waals surface area (Å²) in [6.07, 6.45) is 0.407. The van der Waals surface area contributed by atoms with Crippen LogP contribution in [0.5, 0.6) is 0 Å². The molecule has 1 aromatic carbocycles. The lowest BCUT2D eigenvalue weighted by Gasteiger charge is -2.14. The molecule has 3 N–H and O–H groups in total. The Morgan fingerprint density at radius 2 is 2.10 bits per heavy atom. The van der Waals surface area contributed by atoms with E-state index >= 15 is 0 Å². The lowest BCUT2D eigenvalue weighted by molar-refractivity contribution is -0.120. The molecule has 9 heteroatoms. The van der Waals surface area contributed by atoms with E-state index in [2.05, 4.69) is 8.75 Å². The van der Waals surface area contributed by atoms with Gasteiger partial charge < -0.3 is 5.73 Å². The van der Waals surface area contributed by atoms with Gasteiger partial charge in [0, 0.05) is 0 Å². The Hall–Kier alpha value is -1.58. The number of aromatic nitrogens is 2. The van der Waals surface area contributed by atoms with Gasteiger partial charge in [0.25, 0.3) is 15.9 Å². The maximum atomic E-state index is 12.3. The molecule has 1 aromatic heterocycles. The summed E-state index contributed by atoms with van der Waals surface area (Å²) in [4.78, 5) is 11.8. The van der Waals surface area contributed by atoms with Crippen LogP contribution >= 0.6 is 11.7 Å². The van der Waals surface area contributed by atoms with E-state index in [4.69, 9.17) is 5.73 Å². The van der Waals surface area contributed by atoms with Gasteiger partial charge >= 0.3 is 0 Å². The zero-order chi connectivity index (χ0) is 15.6. The third-order valence-corrected chi connectivity index (χ3v) is 4.76. The monoisotopic (exact) mass is 328 g/mol. The molecule has 0 aliphatic rings. The minimum atomic E-state index is -4.01. The average Bonchev–Trinajstić information content (AvgIpc) is 2.84. The summed E-state index contributed by atoms with van der Waals surface area (Å²) in [7, 11) is -4.01. The third-order valence-electron chi connectivity index (χ3n) is 2.84. The van der Waals surface area contributed by atoms with Crippen LogP contribution in [0.3, 0.4) is 0 Å². The number of hydrogen-bond donors (Lipinski definition) is 2. The van der Waals surface area contributed by atoms with Crippen LogP contribution in [-0.4, -0.2) is 29.1 Å². The second-order valence-corrected chi connectivity index (χ2v) is 7.27. The Bertz CT molecular complexity index is 755. The number of carbonyl (C=O) groups excluding carboxylic acids is 1. The fraction of sp³-hybridized carbons (Fsp3) is 0.417. The Labute approximate surface area is 126 Å². The van der Waals surface area contributed by atoms with Gasteiger partial charge in [-0.1, -0.05) is 19.9 Å². The molecule has 0 saturated heterocycles. The van der Waals surface area contributed by atoms with Crippen molar-refractivity contribution in [1.29, 1.82) is 0 Å². The molecule has 0 aliphatic heterocycles. The first-order valence-corrected chi connectivity index (χ1v) is 8.56. The number of nitrogens with two attached hydrogens (primary N) is 1. The summed E-state index contributed by atoms with van der Waals surface area (Å²) in [5, 5.41) is 0. The molecule has 7 nitrogen and oxygen atoms in total. The number of benzene rings is 1. The standard InChI is InChI=1S/C12H16N4O3S2/c1-7(2)6-8(13)12(17)16-21(18,19)10-5-3-4-9-11(10)15-20-14-9/h3-5,7-8H,6,13H2,1-2H3,(H,16,17)/t8-/m1/s1. The number of nitrogens with one attached hydrogen (secondary N) is 1. The third kappa shape index (κ3) is 3.55.